The van der Waals surface area contributed by atoms with Crippen molar-refractivity contribution in [3.05, 3.63) is 30.1 Å². The first-order valence-corrected chi connectivity index (χ1v) is 4.57. The van der Waals surface area contributed by atoms with Gasteiger partial charge in [0.2, 0.25) is 0 Å². The van der Waals surface area contributed by atoms with Crippen LogP contribution in [0.4, 0.5) is 10.1 Å². The molecule has 0 amide bonds. The minimum atomic E-state index is -0.168. The monoisotopic (exact) mass is 234 g/mol. The van der Waals surface area contributed by atoms with Crippen molar-refractivity contribution in [3.8, 4) is 0 Å². The molecule has 0 atom stereocenters. The molecule has 0 spiro atoms. The first kappa shape index (κ1) is 14.2. The Bertz CT molecular complexity index is 275. The van der Waals surface area contributed by atoms with Crippen molar-refractivity contribution >= 4 is 18.1 Å². The molecule has 1 aromatic rings. The molecule has 1 aliphatic rings. The number of anilines is 1. The molecule has 0 aliphatic carbocycles. The summed E-state index contributed by atoms with van der Waals surface area (Å²) in [6.07, 6.45) is 0. The van der Waals surface area contributed by atoms with Crippen molar-refractivity contribution in [2.24, 2.45) is 0 Å². The molecule has 3 nitrogen and oxygen atoms in total. The van der Waals surface area contributed by atoms with Gasteiger partial charge < -0.3 is 15.7 Å². The highest BCUT2D eigenvalue weighted by Crippen LogP contribution is 2.14. The number of halogens is 2. The number of benzene rings is 1. The molecule has 15 heavy (non-hydrogen) atoms. The molecule has 5 heteroatoms. The summed E-state index contributed by atoms with van der Waals surface area (Å²) in [7, 11) is 0. The average molecular weight is 235 g/mol. The lowest BCUT2D eigenvalue weighted by atomic mass is 10.2. The van der Waals surface area contributed by atoms with Crippen LogP contribution in [-0.2, 0) is 0 Å². The number of rotatable bonds is 1. The maximum absolute atomic E-state index is 12.6. The average Bonchev–Trinajstić information content (AvgIpc) is 2.20. The van der Waals surface area contributed by atoms with Crippen molar-refractivity contribution in [3.63, 3.8) is 0 Å². The Morgan fingerprint density at radius 1 is 1.07 bits per heavy atom. The molecule has 1 aliphatic heterocycles. The lowest BCUT2D eigenvalue weighted by molar-refractivity contribution is 0.587. The van der Waals surface area contributed by atoms with Gasteiger partial charge in [-0.15, -0.1) is 12.4 Å². The third-order valence-corrected chi connectivity index (χ3v) is 2.31. The summed E-state index contributed by atoms with van der Waals surface area (Å²) in [5.74, 6) is -0.168. The van der Waals surface area contributed by atoms with Crippen LogP contribution in [0.3, 0.4) is 0 Å². The molecule has 0 radical (unpaired) electrons. The first-order chi connectivity index (χ1) is 6.36. The quantitative estimate of drug-likeness (QED) is 0.783. The van der Waals surface area contributed by atoms with Gasteiger partial charge in [0, 0.05) is 31.9 Å². The van der Waals surface area contributed by atoms with Gasteiger partial charge in [0.15, 0.2) is 0 Å². The fourth-order valence-electron chi connectivity index (χ4n) is 1.57. The largest absolute Gasteiger partial charge is 0.412 e. The first-order valence-electron chi connectivity index (χ1n) is 4.57. The van der Waals surface area contributed by atoms with E-state index in [-0.39, 0.29) is 23.7 Å². The number of hydrogen-bond acceptors (Lipinski definition) is 2. The Labute approximate surface area is 95.0 Å². The topological polar surface area (TPSA) is 46.8 Å². The molecule has 0 bridgehead atoms. The molecule has 0 unspecified atom stereocenters. The minimum absolute atomic E-state index is 0. The zero-order chi connectivity index (χ0) is 9.10. The molecule has 2 rings (SSSR count). The Balaban J connectivity index is 0.000000980. The number of nitrogens with zero attached hydrogens (tertiary/aromatic N) is 1. The van der Waals surface area contributed by atoms with Gasteiger partial charge in [0.25, 0.3) is 0 Å². The number of piperazine rings is 1. The maximum atomic E-state index is 12.6. The Hall–Kier alpha value is -0.840. The van der Waals surface area contributed by atoms with E-state index in [1.807, 2.05) is 12.1 Å². The van der Waals surface area contributed by atoms with Crippen LogP contribution >= 0.6 is 12.4 Å². The summed E-state index contributed by atoms with van der Waals surface area (Å²) in [5, 5.41) is 3.28. The highest BCUT2D eigenvalue weighted by molar-refractivity contribution is 5.85. The normalized spacial score (nSPS) is 15.1. The van der Waals surface area contributed by atoms with Crippen LogP contribution < -0.4 is 10.2 Å². The second kappa shape index (κ2) is 6.61. The molecule has 3 N–H and O–H groups in total. The maximum Gasteiger partial charge on any atom is 0.123 e. The summed E-state index contributed by atoms with van der Waals surface area (Å²) < 4.78 is 12.6. The summed E-state index contributed by atoms with van der Waals surface area (Å²) in [6, 6.07) is 6.69. The third kappa shape index (κ3) is 3.66. The zero-order valence-corrected chi connectivity index (χ0v) is 9.19. The van der Waals surface area contributed by atoms with E-state index >= 15 is 0 Å². The molecule has 1 heterocycles. The smallest absolute Gasteiger partial charge is 0.123 e. The molecule has 1 aromatic carbocycles. The summed E-state index contributed by atoms with van der Waals surface area (Å²) in [4.78, 5) is 2.26. The molecular weight excluding hydrogens is 219 g/mol. The summed E-state index contributed by atoms with van der Waals surface area (Å²) >= 11 is 0. The van der Waals surface area contributed by atoms with E-state index in [1.165, 1.54) is 12.1 Å². The van der Waals surface area contributed by atoms with E-state index in [1.54, 1.807) is 0 Å². The summed E-state index contributed by atoms with van der Waals surface area (Å²) in [6.45, 7) is 4.03. The standard InChI is InChI=1S/C10H13FN2.ClH.H2O/c11-9-1-3-10(4-2-9)13-7-5-12-6-8-13;;/h1-4,12H,5-8H2;1H;1H2. The van der Waals surface area contributed by atoms with Crippen molar-refractivity contribution in [1.82, 2.24) is 5.32 Å². The van der Waals surface area contributed by atoms with Crippen LogP contribution in [0.2, 0.25) is 0 Å². The van der Waals surface area contributed by atoms with Crippen LogP contribution in [0.1, 0.15) is 0 Å². The van der Waals surface area contributed by atoms with Gasteiger partial charge in [-0.2, -0.15) is 0 Å². The van der Waals surface area contributed by atoms with Crippen LogP contribution in [0.5, 0.6) is 0 Å². The number of nitrogens with one attached hydrogen (secondary N) is 1. The molecule has 0 saturated carbocycles. The van der Waals surface area contributed by atoms with E-state index in [2.05, 4.69) is 10.2 Å². The van der Waals surface area contributed by atoms with Gasteiger partial charge in [-0.1, -0.05) is 0 Å². The van der Waals surface area contributed by atoms with Crippen LogP contribution in [0, 0.1) is 5.82 Å². The highest BCUT2D eigenvalue weighted by atomic mass is 35.5. The SMILES string of the molecule is Cl.Fc1ccc(N2CCNCC2)cc1.O. The second-order valence-corrected chi connectivity index (χ2v) is 3.21. The van der Waals surface area contributed by atoms with Crippen LogP contribution in [-0.4, -0.2) is 31.7 Å². The molecule has 1 saturated heterocycles. The lowest BCUT2D eigenvalue weighted by Crippen LogP contribution is -2.43. The third-order valence-electron chi connectivity index (χ3n) is 2.31. The highest BCUT2D eigenvalue weighted by Gasteiger charge is 2.09. The van der Waals surface area contributed by atoms with E-state index in [0.717, 1.165) is 31.9 Å². The predicted molar refractivity (Wildman–Crippen MR) is 62.3 cm³/mol. The fraction of sp³-hybridized carbons (Fsp3) is 0.400. The number of hydrogen-bond donors (Lipinski definition) is 1. The Morgan fingerprint density at radius 3 is 2.13 bits per heavy atom. The minimum Gasteiger partial charge on any atom is -0.412 e. The van der Waals surface area contributed by atoms with Crippen molar-refractivity contribution < 1.29 is 9.87 Å². The van der Waals surface area contributed by atoms with Gasteiger partial charge in [-0.25, -0.2) is 4.39 Å². The van der Waals surface area contributed by atoms with Gasteiger partial charge in [-0.05, 0) is 24.3 Å². The Morgan fingerprint density at radius 2 is 1.60 bits per heavy atom. The van der Waals surface area contributed by atoms with Crippen molar-refractivity contribution in [1.29, 1.82) is 0 Å². The second-order valence-electron chi connectivity index (χ2n) is 3.21. The zero-order valence-electron chi connectivity index (χ0n) is 8.37. The van der Waals surface area contributed by atoms with Gasteiger partial charge >= 0.3 is 0 Å². The van der Waals surface area contributed by atoms with E-state index in [4.69, 9.17) is 0 Å². The molecule has 0 aromatic heterocycles. The van der Waals surface area contributed by atoms with Gasteiger partial charge in [-0.3, -0.25) is 0 Å². The van der Waals surface area contributed by atoms with Crippen LogP contribution in [0.15, 0.2) is 24.3 Å². The van der Waals surface area contributed by atoms with Crippen molar-refractivity contribution in [2.45, 2.75) is 0 Å². The van der Waals surface area contributed by atoms with E-state index < -0.39 is 0 Å². The molecular formula is C10H16ClFN2O. The van der Waals surface area contributed by atoms with Crippen LogP contribution in [0.25, 0.3) is 0 Å². The van der Waals surface area contributed by atoms with Gasteiger partial charge in [0.05, 0.1) is 0 Å². The van der Waals surface area contributed by atoms with E-state index in [0.29, 0.717) is 0 Å². The Kier molecular flexibility index (Phi) is 6.24. The fourth-order valence-corrected chi connectivity index (χ4v) is 1.57. The summed E-state index contributed by atoms with van der Waals surface area (Å²) in [5.41, 5.74) is 1.11. The molecule has 1 fully saturated rings. The van der Waals surface area contributed by atoms with E-state index in [9.17, 15) is 4.39 Å². The predicted octanol–water partition coefficient (Wildman–Crippen LogP) is 0.832. The van der Waals surface area contributed by atoms with Crippen molar-refractivity contribution in [2.75, 3.05) is 31.1 Å². The molecule has 86 valence electrons. The van der Waals surface area contributed by atoms with Gasteiger partial charge in [0.1, 0.15) is 5.82 Å². The lowest BCUT2D eigenvalue weighted by Gasteiger charge is -2.29.